The Labute approximate surface area is 148 Å². The van der Waals surface area contributed by atoms with E-state index in [9.17, 15) is 13.2 Å². The summed E-state index contributed by atoms with van der Waals surface area (Å²) in [7, 11) is -3.59. The van der Waals surface area contributed by atoms with Crippen LogP contribution >= 0.6 is 0 Å². The summed E-state index contributed by atoms with van der Waals surface area (Å²) in [6.45, 7) is 5.43. The molecular weight excluding hydrogens is 342 g/mol. The number of sulfonamides is 1. The zero-order valence-corrected chi connectivity index (χ0v) is 15.2. The molecule has 0 saturated carbocycles. The highest BCUT2D eigenvalue weighted by molar-refractivity contribution is 7.89. The topological polar surface area (TPSA) is 87.7 Å². The maximum absolute atomic E-state index is 13.0. The first kappa shape index (κ1) is 18.3. The third-order valence-corrected chi connectivity index (χ3v) is 6.75. The van der Waals surface area contributed by atoms with E-state index in [4.69, 9.17) is 4.74 Å². The van der Waals surface area contributed by atoms with Crippen LogP contribution in [-0.2, 0) is 14.8 Å². The number of carbonyl (C=O) groups excluding carboxylic acids is 1. The number of carbonyl (C=O) groups is 1. The molecular formula is C17H25N3O4S. The Bertz CT molecular complexity index is 722. The second-order valence-electron chi connectivity index (χ2n) is 6.37. The van der Waals surface area contributed by atoms with E-state index < -0.39 is 10.0 Å². The molecule has 1 aromatic carbocycles. The van der Waals surface area contributed by atoms with E-state index in [1.807, 2.05) is 6.92 Å². The Morgan fingerprint density at radius 1 is 1.40 bits per heavy atom. The molecule has 2 saturated heterocycles. The SMILES string of the molecule is CCOCCNC(=O)c1cccc(S(=O)(=O)N2CC[C@H]3CNC[C@H]32)c1. The van der Waals surface area contributed by atoms with Gasteiger partial charge in [-0.1, -0.05) is 6.07 Å². The minimum absolute atomic E-state index is 0.0219. The van der Waals surface area contributed by atoms with Crippen molar-refractivity contribution in [3.8, 4) is 0 Å². The minimum Gasteiger partial charge on any atom is -0.380 e. The number of benzene rings is 1. The smallest absolute Gasteiger partial charge is 0.251 e. The van der Waals surface area contributed by atoms with Crippen molar-refractivity contribution in [2.75, 3.05) is 39.4 Å². The van der Waals surface area contributed by atoms with Gasteiger partial charge in [0.1, 0.15) is 0 Å². The normalized spacial score (nSPS) is 23.6. The molecule has 25 heavy (non-hydrogen) atoms. The highest BCUT2D eigenvalue weighted by Crippen LogP contribution is 2.32. The van der Waals surface area contributed by atoms with Crippen molar-refractivity contribution in [2.45, 2.75) is 24.3 Å². The number of ether oxygens (including phenoxy) is 1. The standard InChI is InChI=1S/C17H25N3O4S/c1-2-24-9-7-19-17(21)13-4-3-5-15(10-13)25(22,23)20-8-6-14-11-18-12-16(14)20/h3-5,10,14,16,18H,2,6-9,11-12H2,1H3,(H,19,21)/t14-,16+/m0/s1. The van der Waals surface area contributed by atoms with Crippen molar-refractivity contribution < 1.29 is 17.9 Å². The Balaban J connectivity index is 1.73. The molecule has 1 aromatic rings. The van der Waals surface area contributed by atoms with Crippen LogP contribution in [-0.4, -0.2) is 64.1 Å². The summed E-state index contributed by atoms with van der Waals surface area (Å²) in [6, 6.07) is 6.28. The predicted octanol–water partition coefficient (Wildman–Crippen LogP) is 0.435. The van der Waals surface area contributed by atoms with Crippen molar-refractivity contribution in [1.29, 1.82) is 0 Å². The molecule has 3 rings (SSSR count). The minimum atomic E-state index is -3.59. The molecule has 0 unspecified atom stereocenters. The van der Waals surface area contributed by atoms with Gasteiger partial charge in [0.25, 0.3) is 5.91 Å². The largest absolute Gasteiger partial charge is 0.380 e. The van der Waals surface area contributed by atoms with Crippen molar-refractivity contribution in [1.82, 2.24) is 14.9 Å². The summed E-state index contributed by atoms with van der Waals surface area (Å²) < 4.78 is 32.8. The molecule has 0 aromatic heterocycles. The van der Waals surface area contributed by atoms with Gasteiger partial charge in [-0.25, -0.2) is 8.42 Å². The molecule has 2 heterocycles. The third-order valence-electron chi connectivity index (χ3n) is 4.83. The van der Waals surface area contributed by atoms with Crippen LogP contribution in [0.25, 0.3) is 0 Å². The summed E-state index contributed by atoms with van der Waals surface area (Å²) in [5.41, 5.74) is 0.345. The van der Waals surface area contributed by atoms with Crippen LogP contribution in [0.15, 0.2) is 29.2 Å². The third kappa shape index (κ3) is 3.87. The van der Waals surface area contributed by atoms with Gasteiger partial charge in [0.15, 0.2) is 0 Å². The molecule has 0 radical (unpaired) electrons. The average Bonchev–Trinajstić information content (AvgIpc) is 3.22. The number of nitrogens with zero attached hydrogens (tertiary/aromatic N) is 1. The summed E-state index contributed by atoms with van der Waals surface area (Å²) in [4.78, 5) is 12.4. The molecule has 0 bridgehead atoms. The lowest BCUT2D eigenvalue weighted by atomic mass is 10.1. The highest BCUT2D eigenvalue weighted by atomic mass is 32.2. The predicted molar refractivity (Wildman–Crippen MR) is 93.9 cm³/mol. The summed E-state index contributed by atoms with van der Waals surface area (Å²) in [5, 5.41) is 6.00. The number of fused-ring (bicyclic) bond motifs is 1. The van der Waals surface area contributed by atoms with Crippen LogP contribution in [0.2, 0.25) is 0 Å². The van der Waals surface area contributed by atoms with Crippen LogP contribution in [0.4, 0.5) is 0 Å². The van der Waals surface area contributed by atoms with Gasteiger partial charge in [-0.2, -0.15) is 4.31 Å². The lowest BCUT2D eigenvalue weighted by molar-refractivity contribution is 0.0922. The molecule has 1 amide bonds. The molecule has 138 valence electrons. The summed E-state index contributed by atoms with van der Waals surface area (Å²) in [5.74, 6) is 0.0957. The molecule has 2 fully saturated rings. The van der Waals surface area contributed by atoms with Gasteiger partial charge in [0.2, 0.25) is 10.0 Å². The molecule has 2 N–H and O–H groups in total. The van der Waals surface area contributed by atoms with Gasteiger partial charge >= 0.3 is 0 Å². The van der Waals surface area contributed by atoms with Crippen LogP contribution in [0, 0.1) is 5.92 Å². The Morgan fingerprint density at radius 3 is 3.04 bits per heavy atom. The zero-order chi connectivity index (χ0) is 17.9. The van der Waals surface area contributed by atoms with E-state index in [0.29, 0.717) is 44.3 Å². The van der Waals surface area contributed by atoms with Crippen molar-refractivity contribution in [3.63, 3.8) is 0 Å². The number of amides is 1. The maximum Gasteiger partial charge on any atom is 0.251 e. The molecule has 7 nitrogen and oxygen atoms in total. The quantitative estimate of drug-likeness (QED) is 0.683. The average molecular weight is 367 g/mol. The molecule has 2 aliphatic rings. The van der Waals surface area contributed by atoms with Crippen molar-refractivity contribution >= 4 is 15.9 Å². The Morgan fingerprint density at radius 2 is 2.24 bits per heavy atom. The lowest BCUT2D eigenvalue weighted by Crippen LogP contribution is -2.39. The molecule has 0 spiro atoms. The highest BCUT2D eigenvalue weighted by Gasteiger charge is 2.43. The van der Waals surface area contributed by atoms with Crippen LogP contribution in [0.5, 0.6) is 0 Å². The monoisotopic (exact) mass is 367 g/mol. The van der Waals surface area contributed by atoms with Gasteiger partial charge < -0.3 is 15.4 Å². The molecule has 2 aliphatic heterocycles. The second kappa shape index (κ2) is 7.82. The first-order chi connectivity index (χ1) is 12.0. The number of nitrogens with one attached hydrogen (secondary N) is 2. The van der Waals surface area contributed by atoms with Crippen molar-refractivity contribution in [2.24, 2.45) is 5.92 Å². The van der Waals surface area contributed by atoms with Crippen LogP contribution in [0.3, 0.4) is 0 Å². The fourth-order valence-electron chi connectivity index (χ4n) is 3.52. The molecule has 2 atom stereocenters. The second-order valence-corrected chi connectivity index (χ2v) is 8.26. The van der Waals surface area contributed by atoms with Gasteiger partial charge in [0.05, 0.1) is 11.5 Å². The van der Waals surface area contributed by atoms with Gasteiger partial charge in [-0.15, -0.1) is 0 Å². The van der Waals surface area contributed by atoms with Gasteiger partial charge in [-0.05, 0) is 44.0 Å². The number of rotatable bonds is 7. The van der Waals surface area contributed by atoms with E-state index in [0.717, 1.165) is 13.0 Å². The fraction of sp³-hybridized carbons (Fsp3) is 0.588. The summed E-state index contributed by atoms with van der Waals surface area (Å²) >= 11 is 0. The number of hydrogen-bond donors (Lipinski definition) is 2. The Kier molecular flexibility index (Phi) is 5.73. The fourth-order valence-corrected chi connectivity index (χ4v) is 5.27. The zero-order valence-electron chi connectivity index (χ0n) is 14.4. The lowest BCUT2D eigenvalue weighted by Gasteiger charge is -2.23. The van der Waals surface area contributed by atoms with E-state index in [2.05, 4.69) is 10.6 Å². The maximum atomic E-state index is 13.0. The first-order valence-corrected chi connectivity index (χ1v) is 10.2. The molecule has 8 heteroatoms. The Hall–Kier alpha value is -1.48. The van der Waals surface area contributed by atoms with Crippen LogP contribution < -0.4 is 10.6 Å². The van der Waals surface area contributed by atoms with Gasteiger partial charge in [-0.3, -0.25) is 4.79 Å². The van der Waals surface area contributed by atoms with E-state index in [1.54, 1.807) is 22.5 Å². The summed E-state index contributed by atoms with van der Waals surface area (Å²) in [6.07, 6.45) is 0.883. The van der Waals surface area contributed by atoms with E-state index in [1.165, 1.54) is 6.07 Å². The number of hydrogen-bond acceptors (Lipinski definition) is 5. The van der Waals surface area contributed by atoms with Gasteiger partial charge in [0, 0.05) is 37.8 Å². The van der Waals surface area contributed by atoms with Crippen LogP contribution in [0.1, 0.15) is 23.7 Å². The van der Waals surface area contributed by atoms with Crippen molar-refractivity contribution in [3.05, 3.63) is 29.8 Å². The molecule has 0 aliphatic carbocycles. The van der Waals surface area contributed by atoms with E-state index in [-0.39, 0.29) is 16.8 Å². The first-order valence-electron chi connectivity index (χ1n) is 8.72. The van der Waals surface area contributed by atoms with E-state index >= 15 is 0 Å².